The number of hydrogen-bond donors (Lipinski definition) is 3. The number of nitrogens with zero attached hydrogens (tertiary/aromatic N) is 1. The van der Waals surface area contributed by atoms with Gasteiger partial charge in [-0.05, 0) is 37.0 Å². The van der Waals surface area contributed by atoms with Gasteiger partial charge in [0.2, 0.25) is 5.91 Å². The molecule has 1 aromatic carbocycles. The Labute approximate surface area is 139 Å². The van der Waals surface area contributed by atoms with Crippen LogP contribution in [0.25, 0.3) is 0 Å². The highest BCUT2D eigenvalue weighted by Gasteiger charge is 2.14. The number of hydrogen-bond acceptors (Lipinski definition) is 2. The Morgan fingerprint density at radius 2 is 1.87 bits per heavy atom. The van der Waals surface area contributed by atoms with Crippen LogP contribution in [0.2, 0.25) is 0 Å². The molecule has 0 saturated heterocycles. The van der Waals surface area contributed by atoms with Crippen molar-refractivity contribution in [1.29, 1.82) is 0 Å². The summed E-state index contributed by atoms with van der Waals surface area (Å²) in [5.41, 5.74) is 2.07. The third-order valence-electron chi connectivity index (χ3n) is 4.15. The summed E-state index contributed by atoms with van der Waals surface area (Å²) in [6, 6.07) is 8.53. The van der Waals surface area contributed by atoms with Crippen molar-refractivity contribution in [2.75, 3.05) is 18.9 Å². The van der Waals surface area contributed by atoms with Gasteiger partial charge in [0.15, 0.2) is 5.96 Å². The van der Waals surface area contributed by atoms with Gasteiger partial charge >= 0.3 is 0 Å². The van der Waals surface area contributed by atoms with Gasteiger partial charge in [0.1, 0.15) is 0 Å². The predicted molar refractivity (Wildman–Crippen MR) is 95.8 cm³/mol. The Balaban J connectivity index is 1.73. The minimum atomic E-state index is -0.0444. The van der Waals surface area contributed by atoms with Crippen molar-refractivity contribution in [1.82, 2.24) is 10.6 Å². The van der Waals surface area contributed by atoms with Crippen LogP contribution in [-0.2, 0) is 11.2 Å². The Morgan fingerprint density at radius 3 is 2.48 bits per heavy atom. The molecule has 0 bridgehead atoms. The second-order valence-electron chi connectivity index (χ2n) is 6.11. The number of anilines is 1. The number of carbonyl (C=O) groups is 1. The summed E-state index contributed by atoms with van der Waals surface area (Å²) in [6.45, 7) is 2.36. The number of aliphatic imine (C=N–C) groups is 1. The fraction of sp³-hybridized carbons (Fsp3) is 0.556. The lowest BCUT2D eigenvalue weighted by Gasteiger charge is -2.24. The Hall–Kier alpha value is -2.04. The smallest absolute Gasteiger partial charge is 0.221 e. The molecule has 1 aromatic rings. The third-order valence-corrected chi connectivity index (χ3v) is 4.15. The quantitative estimate of drug-likeness (QED) is 0.578. The number of nitrogens with one attached hydrogen (secondary N) is 3. The molecule has 1 saturated carbocycles. The fourth-order valence-corrected chi connectivity index (χ4v) is 2.92. The van der Waals surface area contributed by atoms with E-state index < -0.39 is 0 Å². The van der Waals surface area contributed by atoms with Crippen molar-refractivity contribution in [3.8, 4) is 0 Å². The van der Waals surface area contributed by atoms with Crippen LogP contribution in [0.15, 0.2) is 29.3 Å². The van der Waals surface area contributed by atoms with Crippen molar-refractivity contribution >= 4 is 17.6 Å². The molecule has 126 valence electrons. The SMILES string of the molecule is CN=C(NCCc1ccc(NC(C)=O)cc1)NC1CCCCC1. The van der Waals surface area contributed by atoms with Gasteiger partial charge in [-0.3, -0.25) is 9.79 Å². The summed E-state index contributed by atoms with van der Waals surface area (Å²) < 4.78 is 0. The van der Waals surface area contributed by atoms with Gasteiger partial charge in [-0.1, -0.05) is 31.4 Å². The second kappa shape index (κ2) is 9.18. The first kappa shape index (κ1) is 17.3. The number of guanidine groups is 1. The minimum absolute atomic E-state index is 0.0444. The molecule has 3 N–H and O–H groups in total. The van der Waals surface area contributed by atoms with E-state index in [4.69, 9.17) is 0 Å². The Morgan fingerprint density at radius 1 is 1.17 bits per heavy atom. The van der Waals surface area contributed by atoms with Crippen LogP contribution in [0.5, 0.6) is 0 Å². The van der Waals surface area contributed by atoms with Crippen LogP contribution >= 0.6 is 0 Å². The average Bonchev–Trinajstić information content (AvgIpc) is 2.56. The zero-order chi connectivity index (χ0) is 16.5. The lowest BCUT2D eigenvalue weighted by Crippen LogP contribution is -2.44. The van der Waals surface area contributed by atoms with Gasteiger partial charge < -0.3 is 16.0 Å². The first-order chi connectivity index (χ1) is 11.2. The van der Waals surface area contributed by atoms with Gasteiger partial charge in [0.05, 0.1) is 0 Å². The molecule has 5 heteroatoms. The topological polar surface area (TPSA) is 65.5 Å². The maximum Gasteiger partial charge on any atom is 0.221 e. The van der Waals surface area contributed by atoms with Crippen molar-refractivity contribution in [2.24, 2.45) is 4.99 Å². The van der Waals surface area contributed by atoms with Crippen LogP contribution in [-0.4, -0.2) is 31.5 Å². The molecule has 0 aliphatic heterocycles. The molecule has 0 aromatic heterocycles. The highest BCUT2D eigenvalue weighted by Crippen LogP contribution is 2.17. The van der Waals surface area contributed by atoms with Gasteiger partial charge in [-0.2, -0.15) is 0 Å². The summed E-state index contributed by atoms with van der Waals surface area (Å²) >= 11 is 0. The summed E-state index contributed by atoms with van der Waals surface area (Å²) in [5, 5.41) is 9.67. The molecule has 1 aliphatic carbocycles. The molecular weight excluding hydrogens is 288 g/mol. The van der Waals surface area contributed by atoms with E-state index in [0.717, 1.165) is 24.6 Å². The van der Waals surface area contributed by atoms with E-state index in [0.29, 0.717) is 6.04 Å². The lowest BCUT2D eigenvalue weighted by atomic mass is 9.96. The standard InChI is InChI=1S/C18H28N4O/c1-14(23)21-17-10-8-15(9-11-17)12-13-20-18(19-2)22-16-6-4-3-5-7-16/h8-11,16H,3-7,12-13H2,1-2H3,(H,21,23)(H2,19,20,22). The van der Waals surface area contributed by atoms with Crippen LogP contribution < -0.4 is 16.0 Å². The minimum Gasteiger partial charge on any atom is -0.356 e. The Kier molecular flexibility index (Phi) is 6.91. The van der Waals surface area contributed by atoms with Crippen molar-refractivity contribution in [3.05, 3.63) is 29.8 Å². The maximum atomic E-state index is 11.0. The summed E-state index contributed by atoms with van der Waals surface area (Å²) in [6.07, 6.45) is 7.39. The van der Waals surface area contributed by atoms with Crippen LogP contribution in [0.1, 0.15) is 44.6 Å². The first-order valence-electron chi connectivity index (χ1n) is 8.51. The number of carbonyl (C=O) groups excluding carboxylic acids is 1. The van der Waals surface area contributed by atoms with Crippen LogP contribution in [0.4, 0.5) is 5.69 Å². The van der Waals surface area contributed by atoms with E-state index >= 15 is 0 Å². The van der Waals surface area contributed by atoms with Gasteiger partial charge in [-0.15, -0.1) is 0 Å². The van der Waals surface area contributed by atoms with Gasteiger partial charge in [0, 0.05) is 32.2 Å². The molecule has 1 fully saturated rings. The molecule has 23 heavy (non-hydrogen) atoms. The molecular formula is C18H28N4O. The molecule has 0 atom stereocenters. The zero-order valence-electron chi connectivity index (χ0n) is 14.2. The largest absolute Gasteiger partial charge is 0.356 e. The second-order valence-corrected chi connectivity index (χ2v) is 6.11. The third kappa shape index (κ3) is 6.30. The van der Waals surface area contributed by atoms with Crippen LogP contribution in [0.3, 0.4) is 0 Å². The Bertz CT molecular complexity index is 518. The van der Waals surface area contributed by atoms with Crippen LogP contribution in [0, 0.1) is 0 Å². The summed E-state index contributed by atoms with van der Waals surface area (Å²) in [4.78, 5) is 15.3. The van der Waals surface area contributed by atoms with Gasteiger partial charge in [0.25, 0.3) is 0 Å². The summed E-state index contributed by atoms with van der Waals surface area (Å²) in [5.74, 6) is 0.851. The van der Waals surface area contributed by atoms with Crippen molar-refractivity contribution in [3.63, 3.8) is 0 Å². The number of amides is 1. The van der Waals surface area contributed by atoms with Crippen molar-refractivity contribution in [2.45, 2.75) is 51.5 Å². The van der Waals surface area contributed by atoms with Gasteiger partial charge in [-0.25, -0.2) is 0 Å². The first-order valence-corrected chi connectivity index (χ1v) is 8.51. The number of rotatable bonds is 5. The molecule has 0 radical (unpaired) electrons. The van der Waals surface area contributed by atoms with E-state index in [1.54, 1.807) is 0 Å². The average molecular weight is 316 g/mol. The predicted octanol–water partition coefficient (Wildman–Crippen LogP) is 2.69. The fourth-order valence-electron chi connectivity index (χ4n) is 2.92. The lowest BCUT2D eigenvalue weighted by molar-refractivity contribution is -0.114. The normalized spacial score (nSPS) is 16.0. The van der Waals surface area contributed by atoms with E-state index in [2.05, 4.69) is 20.9 Å². The number of benzene rings is 1. The molecule has 0 spiro atoms. The maximum absolute atomic E-state index is 11.0. The molecule has 2 rings (SSSR count). The molecule has 5 nitrogen and oxygen atoms in total. The molecule has 0 unspecified atom stereocenters. The highest BCUT2D eigenvalue weighted by atomic mass is 16.1. The van der Waals surface area contributed by atoms with E-state index in [9.17, 15) is 4.79 Å². The highest BCUT2D eigenvalue weighted by molar-refractivity contribution is 5.88. The van der Waals surface area contributed by atoms with E-state index in [1.807, 2.05) is 31.3 Å². The molecule has 1 aliphatic rings. The molecule has 1 amide bonds. The zero-order valence-corrected chi connectivity index (χ0v) is 14.2. The van der Waals surface area contributed by atoms with E-state index in [-0.39, 0.29) is 5.91 Å². The monoisotopic (exact) mass is 316 g/mol. The van der Waals surface area contributed by atoms with E-state index in [1.165, 1.54) is 44.6 Å². The van der Waals surface area contributed by atoms with Crippen molar-refractivity contribution < 1.29 is 4.79 Å². The summed E-state index contributed by atoms with van der Waals surface area (Å²) in [7, 11) is 1.82. The molecule has 0 heterocycles.